The Morgan fingerprint density at radius 3 is 2.83 bits per heavy atom. The summed E-state index contributed by atoms with van der Waals surface area (Å²) in [6.45, 7) is 0. The van der Waals surface area contributed by atoms with E-state index in [4.69, 9.17) is 4.98 Å². The average molecular weight is 308 g/mol. The Kier molecular flexibility index (Phi) is 3.77. The summed E-state index contributed by atoms with van der Waals surface area (Å²) < 4.78 is 0. The van der Waals surface area contributed by atoms with Crippen molar-refractivity contribution in [2.24, 2.45) is 5.92 Å². The number of nitrogens with one attached hydrogen (secondary N) is 1. The second kappa shape index (κ2) is 6.07. The minimum absolute atomic E-state index is 0.0646. The summed E-state index contributed by atoms with van der Waals surface area (Å²) in [6, 6.07) is 3.92. The van der Waals surface area contributed by atoms with Crippen molar-refractivity contribution in [3.8, 4) is 11.4 Å². The SMILES string of the molecule is O=C(NC1CCCc2nc(-c3cccnc3)ncc21)C1CCC1. The van der Waals surface area contributed by atoms with Crippen LogP contribution in [0.1, 0.15) is 49.4 Å². The van der Waals surface area contributed by atoms with Gasteiger partial charge in [0.15, 0.2) is 5.82 Å². The van der Waals surface area contributed by atoms with Gasteiger partial charge in [-0.05, 0) is 44.2 Å². The van der Waals surface area contributed by atoms with E-state index in [1.807, 2.05) is 18.3 Å². The summed E-state index contributed by atoms with van der Waals surface area (Å²) in [5.74, 6) is 1.13. The number of hydrogen-bond donors (Lipinski definition) is 1. The van der Waals surface area contributed by atoms with Crippen LogP contribution in [0.4, 0.5) is 0 Å². The number of hydrogen-bond acceptors (Lipinski definition) is 4. The highest BCUT2D eigenvalue weighted by molar-refractivity contribution is 5.79. The monoisotopic (exact) mass is 308 g/mol. The number of nitrogens with zero attached hydrogens (tertiary/aromatic N) is 3. The smallest absolute Gasteiger partial charge is 0.223 e. The third kappa shape index (κ3) is 2.83. The van der Waals surface area contributed by atoms with Crippen molar-refractivity contribution in [1.82, 2.24) is 20.3 Å². The van der Waals surface area contributed by atoms with Gasteiger partial charge in [-0.2, -0.15) is 0 Å². The Balaban J connectivity index is 1.57. The van der Waals surface area contributed by atoms with Gasteiger partial charge in [-0.25, -0.2) is 9.97 Å². The molecule has 118 valence electrons. The van der Waals surface area contributed by atoms with E-state index in [-0.39, 0.29) is 17.9 Å². The van der Waals surface area contributed by atoms with Gasteiger partial charge in [-0.15, -0.1) is 0 Å². The Bertz CT molecular complexity index is 712. The van der Waals surface area contributed by atoms with Crippen LogP contribution in [0.15, 0.2) is 30.7 Å². The number of aromatic nitrogens is 3. The maximum Gasteiger partial charge on any atom is 0.223 e. The lowest BCUT2D eigenvalue weighted by molar-refractivity contribution is -0.128. The predicted molar refractivity (Wildman–Crippen MR) is 86.4 cm³/mol. The summed E-state index contributed by atoms with van der Waals surface area (Å²) in [5.41, 5.74) is 3.07. The maximum absolute atomic E-state index is 12.2. The Morgan fingerprint density at radius 2 is 2.09 bits per heavy atom. The highest BCUT2D eigenvalue weighted by Crippen LogP contribution is 2.32. The minimum Gasteiger partial charge on any atom is -0.349 e. The maximum atomic E-state index is 12.2. The summed E-state index contributed by atoms with van der Waals surface area (Å²) in [7, 11) is 0. The van der Waals surface area contributed by atoms with Crippen LogP contribution in [0.25, 0.3) is 11.4 Å². The van der Waals surface area contributed by atoms with E-state index in [0.29, 0.717) is 5.82 Å². The van der Waals surface area contributed by atoms with Crippen molar-refractivity contribution < 1.29 is 4.79 Å². The van der Waals surface area contributed by atoms with Crippen molar-refractivity contribution in [3.05, 3.63) is 42.0 Å². The number of pyridine rings is 1. The molecular weight excluding hydrogens is 288 g/mol. The molecule has 0 bridgehead atoms. The van der Waals surface area contributed by atoms with E-state index >= 15 is 0 Å². The van der Waals surface area contributed by atoms with Gasteiger partial charge in [0, 0.05) is 41.3 Å². The van der Waals surface area contributed by atoms with Gasteiger partial charge in [0.2, 0.25) is 5.91 Å². The second-order valence-electron chi connectivity index (χ2n) is 6.42. The van der Waals surface area contributed by atoms with E-state index in [1.165, 1.54) is 6.42 Å². The fourth-order valence-corrected chi connectivity index (χ4v) is 3.29. The van der Waals surface area contributed by atoms with Crippen LogP contribution in [0.5, 0.6) is 0 Å². The molecular formula is C18H20N4O. The molecule has 2 heterocycles. The number of carbonyl (C=O) groups excluding carboxylic acids is 1. The molecule has 23 heavy (non-hydrogen) atoms. The van der Waals surface area contributed by atoms with E-state index in [2.05, 4.69) is 15.3 Å². The molecule has 2 aliphatic carbocycles. The average Bonchev–Trinajstić information content (AvgIpc) is 2.54. The molecule has 1 saturated carbocycles. The first kappa shape index (κ1) is 14.3. The fourth-order valence-electron chi connectivity index (χ4n) is 3.29. The third-order valence-corrected chi connectivity index (χ3v) is 4.89. The number of aryl methyl sites for hydroxylation is 1. The molecule has 1 amide bonds. The molecule has 1 fully saturated rings. The zero-order valence-electron chi connectivity index (χ0n) is 13.0. The molecule has 0 saturated heterocycles. The highest BCUT2D eigenvalue weighted by atomic mass is 16.2. The zero-order chi connectivity index (χ0) is 15.6. The molecule has 0 aromatic carbocycles. The van der Waals surface area contributed by atoms with Crippen molar-refractivity contribution in [2.45, 2.75) is 44.6 Å². The van der Waals surface area contributed by atoms with Gasteiger partial charge in [-0.3, -0.25) is 9.78 Å². The van der Waals surface area contributed by atoms with Gasteiger partial charge >= 0.3 is 0 Å². The lowest BCUT2D eigenvalue weighted by Crippen LogP contribution is -2.38. The van der Waals surface area contributed by atoms with Crippen molar-refractivity contribution >= 4 is 5.91 Å². The lowest BCUT2D eigenvalue weighted by atomic mass is 9.84. The topological polar surface area (TPSA) is 67.8 Å². The molecule has 1 atom stereocenters. The Hall–Kier alpha value is -2.30. The number of carbonyl (C=O) groups is 1. The molecule has 5 heteroatoms. The highest BCUT2D eigenvalue weighted by Gasteiger charge is 2.29. The molecule has 5 nitrogen and oxygen atoms in total. The van der Waals surface area contributed by atoms with Crippen molar-refractivity contribution in [3.63, 3.8) is 0 Å². The van der Waals surface area contributed by atoms with E-state index in [1.54, 1.807) is 12.4 Å². The van der Waals surface area contributed by atoms with E-state index in [9.17, 15) is 4.79 Å². The molecule has 0 aliphatic heterocycles. The van der Waals surface area contributed by atoms with Crippen molar-refractivity contribution in [2.75, 3.05) is 0 Å². The minimum atomic E-state index is 0.0646. The van der Waals surface area contributed by atoms with Crippen LogP contribution in [-0.4, -0.2) is 20.9 Å². The fraction of sp³-hybridized carbons (Fsp3) is 0.444. The van der Waals surface area contributed by atoms with Gasteiger partial charge in [0.1, 0.15) is 0 Å². The van der Waals surface area contributed by atoms with E-state index in [0.717, 1.165) is 48.9 Å². The van der Waals surface area contributed by atoms with E-state index < -0.39 is 0 Å². The quantitative estimate of drug-likeness (QED) is 0.946. The zero-order valence-corrected chi connectivity index (χ0v) is 13.0. The van der Waals surface area contributed by atoms with Crippen LogP contribution < -0.4 is 5.32 Å². The number of rotatable bonds is 3. The first-order chi connectivity index (χ1) is 11.3. The van der Waals surface area contributed by atoms with Crippen LogP contribution in [0, 0.1) is 5.92 Å². The molecule has 0 spiro atoms. The summed E-state index contributed by atoms with van der Waals surface area (Å²) in [5, 5.41) is 3.20. The first-order valence-corrected chi connectivity index (χ1v) is 8.38. The summed E-state index contributed by atoms with van der Waals surface area (Å²) >= 11 is 0. The summed E-state index contributed by atoms with van der Waals surface area (Å²) in [6.07, 6.45) is 11.6. The number of amides is 1. The second-order valence-corrected chi connectivity index (χ2v) is 6.42. The summed E-state index contributed by atoms with van der Waals surface area (Å²) in [4.78, 5) is 25.6. The first-order valence-electron chi connectivity index (χ1n) is 8.38. The third-order valence-electron chi connectivity index (χ3n) is 4.89. The molecule has 2 aliphatic rings. The van der Waals surface area contributed by atoms with Crippen molar-refractivity contribution in [1.29, 1.82) is 0 Å². The largest absolute Gasteiger partial charge is 0.349 e. The molecule has 2 aromatic heterocycles. The predicted octanol–water partition coefficient (Wildman–Crippen LogP) is 2.83. The standard InChI is InChI=1S/C18H20N4O/c23-18(12-4-1-5-12)22-16-8-2-7-15-14(16)11-20-17(21-15)13-6-3-9-19-10-13/h3,6,9-12,16H,1-2,4-5,7-8H2,(H,22,23). The Morgan fingerprint density at radius 1 is 1.17 bits per heavy atom. The molecule has 0 radical (unpaired) electrons. The molecule has 2 aromatic rings. The Labute approximate surface area is 135 Å². The van der Waals surface area contributed by atoms with Gasteiger partial charge in [-0.1, -0.05) is 6.42 Å². The molecule has 1 N–H and O–H groups in total. The molecule has 1 unspecified atom stereocenters. The molecule has 4 rings (SSSR count). The normalized spacial score (nSPS) is 20.4. The van der Waals surface area contributed by atoms with Crippen LogP contribution in [0.2, 0.25) is 0 Å². The lowest BCUT2D eigenvalue weighted by Gasteiger charge is -2.30. The van der Waals surface area contributed by atoms with Crippen LogP contribution >= 0.6 is 0 Å². The van der Waals surface area contributed by atoms with Crippen LogP contribution in [0.3, 0.4) is 0 Å². The van der Waals surface area contributed by atoms with Gasteiger partial charge < -0.3 is 5.32 Å². The van der Waals surface area contributed by atoms with Gasteiger partial charge in [0.25, 0.3) is 0 Å². The van der Waals surface area contributed by atoms with Gasteiger partial charge in [0.05, 0.1) is 6.04 Å². The van der Waals surface area contributed by atoms with Crippen LogP contribution in [-0.2, 0) is 11.2 Å². The number of fused-ring (bicyclic) bond motifs is 1.